The van der Waals surface area contributed by atoms with Crippen molar-refractivity contribution in [2.24, 2.45) is 0 Å². The van der Waals surface area contributed by atoms with Gasteiger partial charge >= 0.3 is 0 Å². The summed E-state index contributed by atoms with van der Waals surface area (Å²) < 4.78 is 2.36. The number of aromatic nitrogens is 3. The fraction of sp³-hybridized carbons (Fsp3) is 0. The molecular weight excluding hydrogens is 498 g/mol. The van der Waals surface area contributed by atoms with Gasteiger partial charge in [0, 0.05) is 33.0 Å². The minimum Gasteiger partial charge on any atom is -0.309 e. The third-order valence-corrected chi connectivity index (χ3v) is 8.37. The first-order chi connectivity index (χ1) is 20.4. The SMILES string of the molecule is c1ccc(-n2c3ccccc3c3c(-c4ccccc4-c4nc5c6c(cccc6n4)-c4ccccc4-5)cccc32)cc1. The van der Waals surface area contributed by atoms with E-state index in [0.717, 1.165) is 39.2 Å². The molecule has 0 N–H and O–H groups in total. The van der Waals surface area contributed by atoms with Crippen LogP contribution in [0.3, 0.4) is 0 Å². The first-order valence-electron chi connectivity index (χ1n) is 13.9. The molecule has 0 aliphatic heterocycles. The quantitative estimate of drug-likeness (QED) is 0.232. The van der Waals surface area contributed by atoms with Crippen LogP contribution in [0.5, 0.6) is 0 Å². The summed E-state index contributed by atoms with van der Waals surface area (Å²) in [6.07, 6.45) is 0. The maximum absolute atomic E-state index is 5.25. The fourth-order valence-electron chi connectivity index (χ4n) is 6.66. The van der Waals surface area contributed by atoms with Gasteiger partial charge in [0.25, 0.3) is 0 Å². The zero-order valence-corrected chi connectivity index (χ0v) is 22.1. The summed E-state index contributed by atoms with van der Waals surface area (Å²) in [4.78, 5) is 10.4. The Bertz CT molecular complexity index is 2310. The Labute approximate surface area is 237 Å². The Morgan fingerprint density at radius 1 is 0.390 bits per heavy atom. The van der Waals surface area contributed by atoms with E-state index < -0.39 is 0 Å². The average Bonchev–Trinajstić information content (AvgIpc) is 3.56. The van der Waals surface area contributed by atoms with E-state index in [4.69, 9.17) is 9.97 Å². The molecule has 0 bridgehead atoms. The van der Waals surface area contributed by atoms with E-state index in [1.807, 2.05) is 0 Å². The lowest BCUT2D eigenvalue weighted by molar-refractivity contribution is 1.18. The molecule has 0 saturated heterocycles. The molecule has 41 heavy (non-hydrogen) atoms. The van der Waals surface area contributed by atoms with Gasteiger partial charge in [0.15, 0.2) is 5.82 Å². The molecule has 8 aromatic rings. The second-order valence-electron chi connectivity index (χ2n) is 10.6. The molecular formula is C38H23N3. The summed E-state index contributed by atoms with van der Waals surface area (Å²) >= 11 is 0. The molecule has 0 radical (unpaired) electrons. The molecule has 9 rings (SSSR count). The number of para-hydroxylation sites is 2. The van der Waals surface area contributed by atoms with Gasteiger partial charge < -0.3 is 4.57 Å². The molecule has 0 saturated carbocycles. The highest BCUT2D eigenvalue weighted by molar-refractivity contribution is 6.17. The Kier molecular flexibility index (Phi) is 4.61. The van der Waals surface area contributed by atoms with Gasteiger partial charge in [0.2, 0.25) is 0 Å². The number of nitrogens with zero attached hydrogens (tertiary/aromatic N) is 3. The monoisotopic (exact) mass is 521 g/mol. The van der Waals surface area contributed by atoms with Crippen LogP contribution in [-0.4, -0.2) is 14.5 Å². The Morgan fingerprint density at radius 3 is 1.80 bits per heavy atom. The van der Waals surface area contributed by atoms with Crippen molar-refractivity contribution in [2.75, 3.05) is 0 Å². The highest BCUT2D eigenvalue weighted by Gasteiger charge is 2.25. The zero-order valence-electron chi connectivity index (χ0n) is 22.1. The van der Waals surface area contributed by atoms with Crippen LogP contribution in [-0.2, 0) is 0 Å². The van der Waals surface area contributed by atoms with Crippen LogP contribution in [0.1, 0.15) is 0 Å². The van der Waals surface area contributed by atoms with Crippen LogP contribution < -0.4 is 0 Å². The first kappa shape index (κ1) is 22.3. The minimum atomic E-state index is 0.751. The number of hydrogen-bond acceptors (Lipinski definition) is 2. The molecule has 190 valence electrons. The van der Waals surface area contributed by atoms with E-state index in [1.54, 1.807) is 0 Å². The third kappa shape index (κ3) is 3.14. The molecule has 0 fully saturated rings. The lowest BCUT2D eigenvalue weighted by Crippen LogP contribution is -1.95. The van der Waals surface area contributed by atoms with Gasteiger partial charge in [0.05, 0.1) is 22.2 Å². The van der Waals surface area contributed by atoms with Gasteiger partial charge in [-0.15, -0.1) is 0 Å². The molecule has 0 atom stereocenters. The summed E-state index contributed by atoms with van der Waals surface area (Å²) in [5.74, 6) is 0.751. The van der Waals surface area contributed by atoms with Crippen molar-refractivity contribution < 1.29 is 0 Å². The van der Waals surface area contributed by atoms with Crippen molar-refractivity contribution >= 4 is 32.7 Å². The second kappa shape index (κ2) is 8.48. The summed E-state index contributed by atoms with van der Waals surface area (Å²) in [5.41, 5.74) is 12.5. The van der Waals surface area contributed by atoms with Crippen LogP contribution in [0.2, 0.25) is 0 Å². The maximum atomic E-state index is 5.25. The van der Waals surface area contributed by atoms with Gasteiger partial charge in [-0.25, -0.2) is 9.97 Å². The van der Waals surface area contributed by atoms with Gasteiger partial charge in [-0.1, -0.05) is 109 Å². The van der Waals surface area contributed by atoms with Gasteiger partial charge in [-0.3, -0.25) is 0 Å². The van der Waals surface area contributed by atoms with Gasteiger partial charge in [0.1, 0.15) is 0 Å². The molecule has 2 aromatic heterocycles. The Hall–Kier alpha value is -5.54. The second-order valence-corrected chi connectivity index (χ2v) is 10.6. The van der Waals surface area contributed by atoms with E-state index in [2.05, 4.69) is 144 Å². The fourth-order valence-corrected chi connectivity index (χ4v) is 6.66. The summed E-state index contributed by atoms with van der Waals surface area (Å²) in [5, 5.41) is 3.61. The summed E-state index contributed by atoms with van der Waals surface area (Å²) in [6.45, 7) is 0. The van der Waals surface area contributed by atoms with Crippen molar-refractivity contribution in [1.82, 2.24) is 14.5 Å². The van der Waals surface area contributed by atoms with E-state index >= 15 is 0 Å². The molecule has 0 spiro atoms. The molecule has 0 amide bonds. The van der Waals surface area contributed by atoms with Crippen molar-refractivity contribution in [2.45, 2.75) is 0 Å². The smallest absolute Gasteiger partial charge is 0.161 e. The molecule has 6 aromatic carbocycles. The van der Waals surface area contributed by atoms with Gasteiger partial charge in [-0.05, 0) is 52.6 Å². The zero-order chi connectivity index (χ0) is 26.9. The molecule has 2 heterocycles. The number of fused-ring (bicyclic) bond motifs is 6. The van der Waals surface area contributed by atoms with Crippen molar-refractivity contribution in [3.63, 3.8) is 0 Å². The van der Waals surface area contributed by atoms with E-state index in [1.165, 1.54) is 44.1 Å². The molecule has 1 aliphatic rings. The van der Waals surface area contributed by atoms with E-state index in [-0.39, 0.29) is 0 Å². The number of rotatable bonds is 3. The van der Waals surface area contributed by atoms with E-state index in [0.29, 0.717) is 0 Å². The van der Waals surface area contributed by atoms with Crippen LogP contribution >= 0.6 is 0 Å². The lowest BCUT2D eigenvalue weighted by Gasteiger charge is -2.13. The number of benzene rings is 6. The molecule has 3 heteroatoms. The summed E-state index contributed by atoms with van der Waals surface area (Å²) in [6, 6.07) is 49.4. The standard InChI is InChI=1S/C38H23N3/c1-2-12-24(13-3-1)41-33-22-9-8-18-31(33)35-27(20-11-23-34(35)41)26-15-5-7-17-30(26)38-39-32-21-10-19-28-25-14-4-6-16-29(25)37(40-38)36(28)32/h1-23H. The van der Waals surface area contributed by atoms with E-state index in [9.17, 15) is 0 Å². The highest BCUT2D eigenvalue weighted by Crippen LogP contribution is 2.47. The van der Waals surface area contributed by atoms with Crippen molar-refractivity contribution in [3.8, 4) is 50.6 Å². The van der Waals surface area contributed by atoms with Crippen molar-refractivity contribution in [3.05, 3.63) is 140 Å². The highest BCUT2D eigenvalue weighted by atomic mass is 15.0. The average molecular weight is 522 g/mol. The van der Waals surface area contributed by atoms with Crippen LogP contribution in [0.4, 0.5) is 0 Å². The maximum Gasteiger partial charge on any atom is 0.161 e. The normalized spacial score (nSPS) is 11.9. The Morgan fingerprint density at radius 2 is 0.976 bits per heavy atom. The van der Waals surface area contributed by atoms with Crippen LogP contribution in [0, 0.1) is 0 Å². The molecule has 1 aliphatic carbocycles. The predicted molar refractivity (Wildman–Crippen MR) is 169 cm³/mol. The van der Waals surface area contributed by atoms with Crippen LogP contribution in [0.25, 0.3) is 83.3 Å². The minimum absolute atomic E-state index is 0.751. The van der Waals surface area contributed by atoms with Crippen molar-refractivity contribution in [1.29, 1.82) is 0 Å². The largest absolute Gasteiger partial charge is 0.309 e. The summed E-state index contributed by atoms with van der Waals surface area (Å²) in [7, 11) is 0. The number of hydrogen-bond donors (Lipinski definition) is 0. The topological polar surface area (TPSA) is 30.7 Å². The molecule has 0 unspecified atom stereocenters. The van der Waals surface area contributed by atoms with Crippen LogP contribution in [0.15, 0.2) is 140 Å². The van der Waals surface area contributed by atoms with Gasteiger partial charge in [-0.2, -0.15) is 0 Å². The lowest BCUT2D eigenvalue weighted by atomic mass is 9.95. The predicted octanol–water partition coefficient (Wildman–Crippen LogP) is 9.71. The first-order valence-corrected chi connectivity index (χ1v) is 13.9. The molecule has 3 nitrogen and oxygen atoms in total. The third-order valence-electron chi connectivity index (χ3n) is 8.37. The Balaban J connectivity index is 1.33.